The van der Waals surface area contributed by atoms with E-state index in [2.05, 4.69) is 5.43 Å². The first-order valence-corrected chi connectivity index (χ1v) is 7.69. The van der Waals surface area contributed by atoms with Gasteiger partial charge in [-0.05, 0) is 43.2 Å². The maximum absolute atomic E-state index is 13.8. The quantitative estimate of drug-likeness (QED) is 0.889. The lowest BCUT2D eigenvalue weighted by atomic mass is 9.92. The predicted octanol–water partition coefficient (Wildman–Crippen LogP) is 2.32. The molecule has 2 atom stereocenters. The van der Waals surface area contributed by atoms with Gasteiger partial charge in [0.25, 0.3) is 11.8 Å². The van der Waals surface area contributed by atoms with E-state index < -0.39 is 17.9 Å². The average molecular weight is 327 g/mol. The second-order valence-electron chi connectivity index (χ2n) is 5.91. The molecule has 2 aromatic carbocycles. The zero-order chi connectivity index (χ0) is 17.4. The van der Waals surface area contributed by atoms with Crippen molar-refractivity contribution in [3.8, 4) is 11.1 Å². The van der Waals surface area contributed by atoms with Crippen LogP contribution in [-0.2, 0) is 9.59 Å². The summed E-state index contributed by atoms with van der Waals surface area (Å²) in [5.74, 6) is -1.69. The first-order valence-electron chi connectivity index (χ1n) is 7.69. The monoisotopic (exact) mass is 327 g/mol. The Morgan fingerprint density at radius 3 is 2.67 bits per heavy atom. The minimum absolute atomic E-state index is 0.304. The van der Waals surface area contributed by atoms with E-state index in [1.54, 1.807) is 37.3 Å². The van der Waals surface area contributed by atoms with Gasteiger partial charge in [-0.2, -0.15) is 0 Å². The molecule has 6 heteroatoms. The van der Waals surface area contributed by atoms with E-state index in [1.165, 1.54) is 24.1 Å². The van der Waals surface area contributed by atoms with Crippen molar-refractivity contribution in [1.29, 1.82) is 0 Å². The van der Waals surface area contributed by atoms with Crippen molar-refractivity contribution in [2.24, 2.45) is 5.73 Å². The topological polar surface area (TPSA) is 75.4 Å². The molecule has 1 aliphatic rings. The van der Waals surface area contributed by atoms with Crippen molar-refractivity contribution < 1.29 is 14.0 Å². The number of nitrogens with two attached hydrogens (primary N) is 1. The van der Waals surface area contributed by atoms with Crippen LogP contribution in [0.1, 0.15) is 25.3 Å². The van der Waals surface area contributed by atoms with Crippen LogP contribution in [0, 0.1) is 5.82 Å². The SMILES string of the molecule is CC1C(=O)N(NC(=O)[C@H](C)N)c2ccccc2-c2cc(F)ccc21. The lowest BCUT2D eigenvalue weighted by Gasteiger charge is -2.26. The van der Waals surface area contributed by atoms with Crippen LogP contribution < -0.4 is 16.2 Å². The van der Waals surface area contributed by atoms with Crippen LogP contribution in [0.2, 0.25) is 0 Å². The summed E-state index contributed by atoms with van der Waals surface area (Å²) in [7, 11) is 0. The van der Waals surface area contributed by atoms with Gasteiger partial charge >= 0.3 is 0 Å². The molecular weight excluding hydrogens is 309 g/mol. The first-order chi connectivity index (χ1) is 11.4. The predicted molar refractivity (Wildman–Crippen MR) is 89.5 cm³/mol. The zero-order valence-electron chi connectivity index (χ0n) is 13.4. The molecule has 0 spiro atoms. The van der Waals surface area contributed by atoms with E-state index in [0.717, 1.165) is 0 Å². The summed E-state index contributed by atoms with van der Waals surface area (Å²) in [6.45, 7) is 3.27. The van der Waals surface area contributed by atoms with Gasteiger partial charge in [-0.1, -0.05) is 24.3 Å². The third kappa shape index (κ3) is 2.65. The number of rotatable bonds is 2. The number of para-hydroxylation sites is 1. The minimum Gasteiger partial charge on any atom is -0.320 e. The van der Waals surface area contributed by atoms with Gasteiger partial charge in [0.15, 0.2) is 0 Å². The van der Waals surface area contributed by atoms with Gasteiger partial charge in [0.2, 0.25) is 0 Å². The third-order valence-electron chi connectivity index (χ3n) is 4.14. The number of carbonyl (C=O) groups excluding carboxylic acids is 2. The van der Waals surface area contributed by atoms with E-state index in [0.29, 0.717) is 22.4 Å². The van der Waals surface area contributed by atoms with Crippen LogP contribution in [0.5, 0.6) is 0 Å². The molecule has 1 heterocycles. The summed E-state index contributed by atoms with van der Waals surface area (Å²) in [4.78, 5) is 24.9. The lowest BCUT2D eigenvalue weighted by molar-refractivity contribution is -0.127. The van der Waals surface area contributed by atoms with Crippen molar-refractivity contribution in [1.82, 2.24) is 5.43 Å². The fourth-order valence-corrected chi connectivity index (χ4v) is 2.81. The Balaban J connectivity index is 2.20. The Bertz CT molecular complexity index is 820. The highest BCUT2D eigenvalue weighted by Crippen LogP contribution is 2.40. The molecule has 1 unspecified atom stereocenters. The second kappa shape index (κ2) is 6.05. The fraction of sp³-hybridized carbons (Fsp3) is 0.222. The molecule has 3 rings (SSSR count). The van der Waals surface area contributed by atoms with E-state index in [1.807, 2.05) is 0 Å². The Kier molecular flexibility index (Phi) is 4.07. The number of benzene rings is 2. The minimum atomic E-state index is -0.761. The van der Waals surface area contributed by atoms with Gasteiger partial charge in [0, 0.05) is 5.56 Å². The van der Waals surface area contributed by atoms with Gasteiger partial charge in [-0.3, -0.25) is 15.0 Å². The Labute approximate surface area is 139 Å². The van der Waals surface area contributed by atoms with Gasteiger partial charge in [0.1, 0.15) is 5.82 Å². The van der Waals surface area contributed by atoms with Crippen molar-refractivity contribution in [3.63, 3.8) is 0 Å². The lowest BCUT2D eigenvalue weighted by Crippen LogP contribution is -2.52. The largest absolute Gasteiger partial charge is 0.320 e. The van der Waals surface area contributed by atoms with Crippen molar-refractivity contribution in [2.75, 3.05) is 5.01 Å². The van der Waals surface area contributed by atoms with Crippen molar-refractivity contribution in [2.45, 2.75) is 25.8 Å². The number of carbonyl (C=O) groups is 2. The highest BCUT2D eigenvalue weighted by molar-refractivity contribution is 6.06. The van der Waals surface area contributed by atoms with Gasteiger partial charge in [-0.15, -0.1) is 0 Å². The molecule has 3 N–H and O–H groups in total. The molecule has 0 bridgehead atoms. The number of halogens is 1. The van der Waals surface area contributed by atoms with E-state index in [-0.39, 0.29) is 11.7 Å². The molecule has 0 aromatic heterocycles. The van der Waals surface area contributed by atoms with Crippen LogP contribution in [-0.4, -0.2) is 17.9 Å². The number of hydrogen-bond acceptors (Lipinski definition) is 3. The molecule has 0 radical (unpaired) electrons. The summed E-state index contributed by atoms with van der Waals surface area (Å²) in [5.41, 5.74) is 10.7. The van der Waals surface area contributed by atoms with E-state index in [9.17, 15) is 14.0 Å². The van der Waals surface area contributed by atoms with Crippen molar-refractivity contribution in [3.05, 3.63) is 53.8 Å². The Morgan fingerprint density at radius 1 is 1.25 bits per heavy atom. The number of fused-ring (bicyclic) bond motifs is 3. The molecule has 2 amide bonds. The van der Waals surface area contributed by atoms with Crippen LogP contribution in [0.25, 0.3) is 11.1 Å². The highest BCUT2D eigenvalue weighted by atomic mass is 19.1. The molecule has 0 saturated heterocycles. The normalized spacial score (nSPS) is 17.6. The van der Waals surface area contributed by atoms with E-state index >= 15 is 0 Å². The number of amides is 2. The van der Waals surface area contributed by atoms with Gasteiger partial charge < -0.3 is 5.73 Å². The smallest absolute Gasteiger partial charge is 0.255 e. The number of hydrazine groups is 1. The maximum Gasteiger partial charge on any atom is 0.255 e. The van der Waals surface area contributed by atoms with Gasteiger partial charge in [0.05, 0.1) is 17.6 Å². The van der Waals surface area contributed by atoms with Crippen molar-refractivity contribution >= 4 is 17.5 Å². The average Bonchev–Trinajstić information content (AvgIpc) is 2.65. The van der Waals surface area contributed by atoms with Gasteiger partial charge in [-0.25, -0.2) is 9.40 Å². The molecule has 1 aliphatic heterocycles. The number of nitrogens with one attached hydrogen (secondary N) is 1. The second-order valence-corrected chi connectivity index (χ2v) is 5.91. The summed E-state index contributed by atoms with van der Waals surface area (Å²) < 4.78 is 13.8. The van der Waals surface area contributed by atoms with Crippen LogP contribution >= 0.6 is 0 Å². The van der Waals surface area contributed by atoms with Crippen LogP contribution in [0.3, 0.4) is 0 Å². The zero-order valence-corrected chi connectivity index (χ0v) is 13.4. The molecule has 0 fully saturated rings. The number of nitrogens with zero attached hydrogens (tertiary/aromatic N) is 1. The Morgan fingerprint density at radius 2 is 1.96 bits per heavy atom. The molecule has 5 nitrogen and oxygen atoms in total. The molecule has 0 aliphatic carbocycles. The fourth-order valence-electron chi connectivity index (χ4n) is 2.81. The molecule has 0 saturated carbocycles. The van der Waals surface area contributed by atoms with E-state index in [4.69, 9.17) is 5.73 Å². The van der Waals surface area contributed by atoms with Crippen LogP contribution in [0.4, 0.5) is 10.1 Å². The standard InChI is InChI=1S/C18H18FN3O2/c1-10-13-8-7-12(19)9-15(13)14-5-3-4-6-16(14)22(18(10)24)21-17(23)11(2)20/h3-11H,20H2,1-2H3,(H,21,23)/t10?,11-/m0/s1. The summed E-state index contributed by atoms with van der Waals surface area (Å²) in [5, 5.41) is 1.21. The molecule has 124 valence electrons. The molecule has 2 aromatic rings. The Hall–Kier alpha value is -2.73. The first kappa shape index (κ1) is 16.1. The molecule has 24 heavy (non-hydrogen) atoms. The summed E-state index contributed by atoms with van der Waals surface area (Å²) in [6.07, 6.45) is 0. The number of anilines is 1. The van der Waals surface area contributed by atoms with Crippen LogP contribution in [0.15, 0.2) is 42.5 Å². The summed E-state index contributed by atoms with van der Waals surface area (Å²) in [6, 6.07) is 10.7. The maximum atomic E-state index is 13.8. The third-order valence-corrected chi connectivity index (χ3v) is 4.14. The highest BCUT2D eigenvalue weighted by Gasteiger charge is 2.32. The number of hydrogen-bond donors (Lipinski definition) is 2. The summed E-state index contributed by atoms with van der Waals surface area (Å²) >= 11 is 0. The molecular formula is C18H18FN3O2.